The highest BCUT2D eigenvalue weighted by molar-refractivity contribution is 5.97. The summed E-state index contributed by atoms with van der Waals surface area (Å²) < 4.78 is 0. The average Bonchev–Trinajstić information content (AvgIpc) is 2.40. The maximum Gasteiger partial charge on any atom is 0.176 e. The highest BCUT2D eigenvalue weighted by atomic mass is 16.3. The second kappa shape index (κ2) is 6.11. The molecule has 1 N–H and O–H groups in total. The third-order valence-corrected chi connectivity index (χ3v) is 2.76. The van der Waals surface area contributed by atoms with Gasteiger partial charge in [0.15, 0.2) is 5.78 Å². The first-order chi connectivity index (χ1) is 9.15. The normalized spacial score (nSPS) is 10.6. The number of nitrogens with zero attached hydrogens (tertiary/aromatic N) is 2. The summed E-state index contributed by atoms with van der Waals surface area (Å²) in [4.78, 5) is 18.2. The number of hydrogen-bond donors (Lipinski definition) is 1. The van der Waals surface area contributed by atoms with E-state index < -0.39 is 0 Å². The lowest BCUT2D eigenvalue weighted by Crippen LogP contribution is -2.25. The first-order valence-corrected chi connectivity index (χ1v) is 6.06. The fraction of sp³-hybridized carbons (Fsp3) is 0.200. The number of Topliss-reactive ketones (excluding diaryl/α,β-unsaturated/α-hetero) is 1. The number of phenols is 1. The van der Waals surface area contributed by atoms with Gasteiger partial charge in [0.1, 0.15) is 5.75 Å². The van der Waals surface area contributed by atoms with Crippen molar-refractivity contribution in [1.82, 2.24) is 9.88 Å². The Bertz CT molecular complexity index is 538. The Balaban J connectivity index is 1.93. The monoisotopic (exact) mass is 256 g/mol. The van der Waals surface area contributed by atoms with Gasteiger partial charge in [0.05, 0.1) is 12.2 Å². The lowest BCUT2D eigenvalue weighted by molar-refractivity contribution is 0.0942. The van der Waals surface area contributed by atoms with Gasteiger partial charge in [-0.3, -0.25) is 14.7 Å². The van der Waals surface area contributed by atoms with E-state index in [9.17, 15) is 9.90 Å². The molecule has 19 heavy (non-hydrogen) atoms. The minimum atomic E-state index is 0.0263. The van der Waals surface area contributed by atoms with Gasteiger partial charge in [0, 0.05) is 18.3 Å². The first kappa shape index (κ1) is 13.2. The predicted molar refractivity (Wildman–Crippen MR) is 73.0 cm³/mol. The molecule has 0 bridgehead atoms. The zero-order chi connectivity index (χ0) is 13.7. The first-order valence-electron chi connectivity index (χ1n) is 6.06. The van der Waals surface area contributed by atoms with Crippen molar-refractivity contribution in [2.45, 2.75) is 6.54 Å². The molecule has 0 unspecified atom stereocenters. The second-order valence-electron chi connectivity index (χ2n) is 4.46. The molecule has 0 spiro atoms. The van der Waals surface area contributed by atoms with Crippen molar-refractivity contribution in [1.29, 1.82) is 0 Å². The number of benzene rings is 1. The zero-order valence-corrected chi connectivity index (χ0v) is 10.8. The van der Waals surface area contributed by atoms with Gasteiger partial charge >= 0.3 is 0 Å². The van der Waals surface area contributed by atoms with E-state index in [1.165, 1.54) is 12.1 Å². The van der Waals surface area contributed by atoms with Gasteiger partial charge in [-0.25, -0.2) is 0 Å². The molecule has 0 fully saturated rings. The lowest BCUT2D eigenvalue weighted by atomic mass is 10.1. The molecule has 0 amide bonds. The average molecular weight is 256 g/mol. The van der Waals surface area contributed by atoms with Crippen LogP contribution >= 0.6 is 0 Å². The van der Waals surface area contributed by atoms with Crippen LogP contribution in [0.2, 0.25) is 0 Å². The van der Waals surface area contributed by atoms with Gasteiger partial charge in [-0.15, -0.1) is 0 Å². The molecule has 4 nitrogen and oxygen atoms in total. The number of rotatable bonds is 5. The minimum absolute atomic E-state index is 0.0263. The van der Waals surface area contributed by atoms with Crippen molar-refractivity contribution in [3.8, 4) is 5.75 Å². The number of likely N-dealkylation sites (N-methyl/N-ethyl adjacent to an activating group) is 1. The SMILES string of the molecule is CN(CC(=O)c1ccc(O)cc1)Cc1ccccn1. The highest BCUT2D eigenvalue weighted by Crippen LogP contribution is 2.10. The molecule has 2 rings (SSSR count). The summed E-state index contributed by atoms with van der Waals surface area (Å²) in [6, 6.07) is 12.0. The number of hydrogen-bond acceptors (Lipinski definition) is 4. The van der Waals surface area contributed by atoms with Crippen molar-refractivity contribution in [2.24, 2.45) is 0 Å². The van der Waals surface area contributed by atoms with E-state index >= 15 is 0 Å². The van der Waals surface area contributed by atoms with E-state index in [1.54, 1.807) is 18.3 Å². The van der Waals surface area contributed by atoms with Gasteiger partial charge in [-0.1, -0.05) is 6.07 Å². The van der Waals surface area contributed by atoms with Crippen LogP contribution in [0, 0.1) is 0 Å². The molecule has 0 aliphatic carbocycles. The van der Waals surface area contributed by atoms with Crippen LogP contribution in [-0.4, -0.2) is 34.4 Å². The van der Waals surface area contributed by atoms with Gasteiger partial charge in [-0.05, 0) is 43.4 Å². The Labute approximate surface area is 112 Å². The Morgan fingerprint density at radius 1 is 1.21 bits per heavy atom. The maximum absolute atomic E-state index is 12.0. The van der Waals surface area contributed by atoms with Crippen molar-refractivity contribution in [2.75, 3.05) is 13.6 Å². The Hall–Kier alpha value is -2.20. The number of aromatic hydroxyl groups is 1. The highest BCUT2D eigenvalue weighted by Gasteiger charge is 2.10. The molecule has 0 saturated heterocycles. The van der Waals surface area contributed by atoms with Gasteiger partial charge in [-0.2, -0.15) is 0 Å². The van der Waals surface area contributed by atoms with Crippen LogP contribution in [0.25, 0.3) is 0 Å². The summed E-state index contributed by atoms with van der Waals surface area (Å²) in [6.07, 6.45) is 1.74. The van der Waals surface area contributed by atoms with Crippen molar-refractivity contribution in [3.63, 3.8) is 0 Å². The molecule has 1 aromatic heterocycles. The largest absolute Gasteiger partial charge is 0.508 e. The van der Waals surface area contributed by atoms with Crippen LogP contribution in [-0.2, 0) is 6.54 Å². The Morgan fingerprint density at radius 3 is 2.58 bits per heavy atom. The lowest BCUT2D eigenvalue weighted by Gasteiger charge is -2.15. The molecule has 4 heteroatoms. The molecular weight excluding hydrogens is 240 g/mol. The molecule has 2 aromatic rings. The molecule has 1 aromatic carbocycles. The molecule has 0 aliphatic heterocycles. The number of pyridine rings is 1. The van der Waals surface area contributed by atoms with Crippen molar-refractivity contribution < 1.29 is 9.90 Å². The zero-order valence-electron chi connectivity index (χ0n) is 10.8. The number of carbonyl (C=O) groups excluding carboxylic acids is 1. The van der Waals surface area contributed by atoms with E-state index in [0.717, 1.165) is 5.69 Å². The molecule has 0 saturated carbocycles. The summed E-state index contributed by atoms with van der Waals surface area (Å²) in [7, 11) is 1.88. The van der Waals surface area contributed by atoms with Gasteiger partial charge in [0.25, 0.3) is 0 Å². The standard InChI is InChI=1S/C15H16N2O2/c1-17(10-13-4-2-3-9-16-13)11-15(19)12-5-7-14(18)8-6-12/h2-9,18H,10-11H2,1H3. The summed E-state index contributed by atoms with van der Waals surface area (Å²) >= 11 is 0. The van der Waals surface area contributed by atoms with E-state index in [0.29, 0.717) is 18.7 Å². The summed E-state index contributed by atoms with van der Waals surface area (Å²) in [5.41, 5.74) is 1.54. The van der Waals surface area contributed by atoms with E-state index in [2.05, 4.69) is 4.98 Å². The molecular formula is C15H16N2O2. The summed E-state index contributed by atoms with van der Waals surface area (Å²) in [6.45, 7) is 0.950. The van der Waals surface area contributed by atoms with Crippen LogP contribution in [0.15, 0.2) is 48.7 Å². The Morgan fingerprint density at radius 2 is 1.95 bits per heavy atom. The third kappa shape index (κ3) is 3.89. The van der Waals surface area contributed by atoms with Crippen molar-refractivity contribution in [3.05, 3.63) is 59.9 Å². The molecule has 0 atom stereocenters. The summed E-state index contributed by atoms with van der Waals surface area (Å²) in [5.74, 6) is 0.192. The Kier molecular flexibility index (Phi) is 4.26. The number of ketones is 1. The van der Waals surface area contributed by atoms with Gasteiger partial charge in [0.2, 0.25) is 0 Å². The van der Waals surface area contributed by atoms with Crippen molar-refractivity contribution >= 4 is 5.78 Å². The quantitative estimate of drug-likeness (QED) is 0.832. The van der Waals surface area contributed by atoms with E-state index in [4.69, 9.17) is 0 Å². The van der Waals surface area contributed by atoms with Crippen LogP contribution in [0.4, 0.5) is 0 Å². The van der Waals surface area contributed by atoms with Crippen LogP contribution in [0.5, 0.6) is 5.75 Å². The van der Waals surface area contributed by atoms with Gasteiger partial charge < -0.3 is 5.11 Å². The second-order valence-corrected chi connectivity index (χ2v) is 4.46. The molecule has 98 valence electrons. The number of phenolic OH excluding ortho intramolecular Hbond substituents is 1. The molecule has 0 radical (unpaired) electrons. The van der Waals surface area contributed by atoms with E-state index in [1.807, 2.05) is 30.1 Å². The molecule has 0 aliphatic rings. The topological polar surface area (TPSA) is 53.4 Å². The fourth-order valence-electron chi connectivity index (χ4n) is 1.81. The minimum Gasteiger partial charge on any atom is -0.508 e. The number of carbonyl (C=O) groups is 1. The molecule has 1 heterocycles. The van der Waals surface area contributed by atoms with Crippen LogP contribution < -0.4 is 0 Å². The van der Waals surface area contributed by atoms with E-state index in [-0.39, 0.29) is 11.5 Å². The third-order valence-electron chi connectivity index (χ3n) is 2.76. The predicted octanol–water partition coefficient (Wildman–Crippen LogP) is 2.10. The fourth-order valence-corrected chi connectivity index (χ4v) is 1.81. The maximum atomic E-state index is 12.0. The van der Waals surface area contributed by atoms with Crippen LogP contribution in [0.1, 0.15) is 16.1 Å². The summed E-state index contributed by atoms with van der Waals surface area (Å²) in [5, 5.41) is 9.19. The number of aromatic nitrogens is 1. The van der Waals surface area contributed by atoms with Crippen LogP contribution in [0.3, 0.4) is 0 Å². The smallest absolute Gasteiger partial charge is 0.176 e.